The van der Waals surface area contributed by atoms with Gasteiger partial charge in [0.05, 0.1) is 13.2 Å². The fraction of sp³-hybridized carbons (Fsp3) is 0.674. The lowest BCUT2D eigenvalue weighted by Crippen LogP contribution is -2.61. The summed E-state index contributed by atoms with van der Waals surface area (Å²) in [5.74, 6) is -7.47. The lowest BCUT2D eigenvalue weighted by Gasteiger charge is -2.29. The van der Waals surface area contributed by atoms with E-state index in [1.807, 2.05) is 0 Å². The number of hydrogen-bond acceptors (Lipinski definition) is 12. The van der Waals surface area contributed by atoms with E-state index < -0.39 is 108 Å². The predicted octanol–water partition coefficient (Wildman–Crippen LogP) is -1.34. The lowest BCUT2D eigenvalue weighted by molar-refractivity contribution is -0.142. The van der Waals surface area contributed by atoms with Gasteiger partial charge in [-0.25, -0.2) is 4.79 Å². The van der Waals surface area contributed by atoms with E-state index in [1.165, 1.54) is 0 Å². The lowest BCUT2D eigenvalue weighted by atomic mass is 9.96. The molecule has 0 spiro atoms. The monoisotopic (exact) mass is 891 g/mol. The Morgan fingerprint density at radius 3 is 1.51 bits per heavy atom. The van der Waals surface area contributed by atoms with Crippen LogP contribution in [-0.2, 0) is 44.8 Å². The number of aliphatic carboxylic acids is 1. The second kappa shape index (κ2) is 30.0. The van der Waals surface area contributed by atoms with Gasteiger partial charge in [-0.2, -0.15) is 0 Å². The summed E-state index contributed by atoms with van der Waals surface area (Å²) >= 11 is 0. The number of carbonyl (C=O) groups excluding carboxylic acids is 7. The van der Waals surface area contributed by atoms with E-state index in [9.17, 15) is 48.6 Å². The molecular formula is C43H74N10O10. The van der Waals surface area contributed by atoms with E-state index in [4.69, 9.17) is 17.2 Å². The molecule has 15 N–H and O–H groups in total. The van der Waals surface area contributed by atoms with Crippen molar-refractivity contribution in [3.05, 3.63) is 35.9 Å². The van der Waals surface area contributed by atoms with Crippen LogP contribution >= 0.6 is 0 Å². The van der Waals surface area contributed by atoms with Crippen molar-refractivity contribution in [1.29, 1.82) is 0 Å². The second-order valence-electron chi connectivity index (χ2n) is 16.6. The summed E-state index contributed by atoms with van der Waals surface area (Å²) in [6.45, 7) is 9.93. The molecule has 1 aromatic rings. The molecule has 0 aliphatic heterocycles. The minimum atomic E-state index is -1.59. The maximum absolute atomic E-state index is 13.9. The van der Waals surface area contributed by atoms with Gasteiger partial charge < -0.3 is 64.6 Å². The number of aliphatic hydroxyl groups is 1. The number of carboxylic acids is 1. The average Bonchev–Trinajstić information content (AvgIpc) is 3.24. The smallest absolute Gasteiger partial charge is 0.326 e. The topological polar surface area (TPSA) is 339 Å². The van der Waals surface area contributed by atoms with Gasteiger partial charge in [0.15, 0.2) is 0 Å². The number of nitrogens with two attached hydrogens (primary N) is 3. The van der Waals surface area contributed by atoms with Crippen LogP contribution in [-0.4, -0.2) is 126 Å². The van der Waals surface area contributed by atoms with Crippen LogP contribution in [0.25, 0.3) is 0 Å². The fourth-order valence-corrected chi connectivity index (χ4v) is 6.54. The van der Waals surface area contributed by atoms with Gasteiger partial charge in [-0.05, 0) is 81.4 Å². The highest BCUT2D eigenvalue weighted by molar-refractivity contribution is 5.97. The molecule has 7 amide bonds. The maximum atomic E-state index is 13.9. The van der Waals surface area contributed by atoms with Gasteiger partial charge in [0, 0.05) is 6.42 Å². The molecule has 0 heterocycles. The maximum Gasteiger partial charge on any atom is 0.326 e. The Bertz CT molecular complexity index is 1620. The Hall–Kier alpha value is -5.18. The molecule has 0 aliphatic carbocycles. The van der Waals surface area contributed by atoms with E-state index in [2.05, 4.69) is 37.2 Å². The number of nitrogens with one attached hydrogen (secondary N) is 7. The van der Waals surface area contributed by atoms with E-state index in [0.717, 1.165) is 0 Å². The van der Waals surface area contributed by atoms with Gasteiger partial charge in [-0.3, -0.25) is 33.6 Å². The molecule has 63 heavy (non-hydrogen) atoms. The van der Waals surface area contributed by atoms with Crippen LogP contribution in [0.15, 0.2) is 30.3 Å². The molecule has 0 aliphatic rings. The average molecular weight is 891 g/mol. The summed E-state index contributed by atoms with van der Waals surface area (Å²) in [4.78, 5) is 106. The van der Waals surface area contributed by atoms with E-state index in [1.54, 1.807) is 71.9 Å². The van der Waals surface area contributed by atoms with Gasteiger partial charge in [0.2, 0.25) is 41.4 Å². The number of rotatable bonds is 31. The highest BCUT2D eigenvalue weighted by atomic mass is 16.4. The number of hydrogen-bond donors (Lipinski definition) is 12. The van der Waals surface area contributed by atoms with Gasteiger partial charge in [0.1, 0.15) is 42.3 Å². The normalized spacial score (nSPS) is 15.0. The highest BCUT2D eigenvalue weighted by Gasteiger charge is 2.35. The Morgan fingerprint density at radius 2 is 1.03 bits per heavy atom. The van der Waals surface area contributed by atoms with E-state index in [0.29, 0.717) is 44.2 Å². The first-order valence-electron chi connectivity index (χ1n) is 21.9. The third-order valence-corrected chi connectivity index (χ3v) is 10.5. The first kappa shape index (κ1) is 55.8. The minimum Gasteiger partial charge on any atom is -0.480 e. The molecular weight excluding hydrogens is 817 g/mol. The zero-order valence-corrected chi connectivity index (χ0v) is 37.7. The summed E-state index contributed by atoms with van der Waals surface area (Å²) in [5, 5.41) is 38.4. The van der Waals surface area contributed by atoms with Crippen molar-refractivity contribution in [3.8, 4) is 0 Å². The molecule has 0 aromatic heterocycles. The molecule has 0 unspecified atom stereocenters. The van der Waals surface area contributed by atoms with Gasteiger partial charge in [-0.15, -0.1) is 0 Å². The minimum absolute atomic E-state index is 0.00139. The number of unbranched alkanes of at least 4 members (excludes halogenated alkanes) is 2. The Kier molecular flexibility index (Phi) is 26.6. The van der Waals surface area contributed by atoms with Crippen LogP contribution in [0.3, 0.4) is 0 Å². The fourth-order valence-electron chi connectivity index (χ4n) is 6.54. The third kappa shape index (κ3) is 20.7. The highest BCUT2D eigenvalue weighted by Crippen LogP contribution is 2.13. The quantitative estimate of drug-likeness (QED) is 0.0385. The van der Waals surface area contributed by atoms with Crippen molar-refractivity contribution in [1.82, 2.24) is 37.2 Å². The second-order valence-corrected chi connectivity index (χ2v) is 16.6. The molecule has 0 saturated heterocycles. The largest absolute Gasteiger partial charge is 0.480 e. The van der Waals surface area contributed by atoms with Crippen LogP contribution in [0.1, 0.15) is 98.5 Å². The number of aliphatic hydroxyl groups excluding tert-OH is 1. The zero-order chi connectivity index (χ0) is 47.6. The van der Waals surface area contributed by atoms with Gasteiger partial charge in [0.25, 0.3) is 0 Å². The summed E-state index contributed by atoms with van der Waals surface area (Å²) < 4.78 is 0. The summed E-state index contributed by atoms with van der Waals surface area (Å²) in [7, 11) is 0. The summed E-state index contributed by atoms with van der Waals surface area (Å²) in [6.07, 6.45) is 2.83. The number of benzene rings is 1. The van der Waals surface area contributed by atoms with Crippen molar-refractivity contribution in [3.63, 3.8) is 0 Å². The number of carbonyl (C=O) groups is 8. The molecule has 356 valence electrons. The van der Waals surface area contributed by atoms with Crippen LogP contribution in [0, 0.1) is 17.8 Å². The van der Waals surface area contributed by atoms with Crippen molar-refractivity contribution >= 4 is 47.3 Å². The van der Waals surface area contributed by atoms with Crippen LogP contribution in [0.2, 0.25) is 0 Å². The van der Waals surface area contributed by atoms with Gasteiger partial charge >= 0.3 is 5.97 Å². The van der Waals surface area contributed by atoms with Crippen molar-refractivity contribution in [2.45, 2.75) is 142 Å². The molecule has 0 radical (unpaired) electrons. The zero-order valence-electron chi connectivity index (χ0n) is 37.7. The van der Waals surface area contributed by atoms with Crippen LogP contribution < -0.4 is 54.4 Å². The Balaban J connectivity index is 3.26. The Morgan fingerprint density at radius 1 is 0.571 bits per heavy atom. The molecule has 1 aromatic carbocycles. The molecule has 20 heteroatoms. The SMILES string of the molecule is CC[C@H](C)[C@H](NC(=O)[C@H](CCCCN)NC(=O)[C@H](CO)NC(=O)[C@H](CC(C)C)NC(=O)[C@@H](NC(=O)[C@H](CCCCN)NC(=O)CN)C(C)C)C(=O)N[C@@H](Cc1ccccc1)C(=O)O. The number of amides is 7. The van der Waals surface area contributed by atoms with Crippen molar-refractivity contribution in [2.75, 3.05) is 26.2 Å². The Labute approximate surface area is 371 Å². The standard InChI is InChI=1S/C43H74N10O10/c1-7-27(6)36(42(61)50-32(43(62)63)22-28-15-9-8-10-16-28)53-38(57)30(18-12-14-20-45)48-40(59)33(24-54)51-39(58)31(21-25(2)3)49-41(60)35(26(4)5)52-37(56)29(17-11-13-19-44)47-34(55)23-46/h8-10,15-16,25-27,29-33,35-36,54H,7,11-14,17-24,44-46H2,1-6H3,(H,47,55)(H,48,59)(H,49,60)(H,50,61)(H,51,58)(H,52,56)(H,53,57)(H,62,63)/t27-,29-,30-,31-,32-,33-,35-,36-/m0/s1. The third-order valence-electron chi connectivity index (χ3n) is 10.5. The van der Waals surface area contributed by atoms with Gasteiger partial charge in [-0.1, -0.05) is 78.3 Å². The summed E-state index contributed by atoms with van der Waals surface area (Å²) in [5.41, 5.74) is 17.4. The van der Waals surface area contributed by atoms with E-state index >= 15 is 0 Å². The first-order valence-corrected chi connectivity index (χ1v) is 21.9. The van der Waals surface area contributed by atoms with Crippen molar-refractivity contribution < 1.29 is 48.6 Å². The predicted molar refractivity (Wildman–Crippen MR) is 237 cm³/mol. The molecule has 0 fully saturated rings. The summed E-state index contributed by atoms with van der Waals surface area (Å²) in [6, 6.07) is 0.0425. The molecule has 1 rings (SSSR count). The number of carboxylic acid groups (broad SMARTS) is 1. The van der Waals surface area contributed by atoms with Crippen molar-refractivity contribution in [2.24, 2.45) is 35.0 Å². The molecule has 0 saturated carbocycles. The van der Waals surface area contributed by atoms with E-state index in [-0.39, 0.29) is 44.7 Å². The molecule has 8 atom stereocenters. The first-order chi connectivity index (χ1) is 29.8. The molecule has 20 nitrogen and oxygen atoms in total. The molecule has 0 bridgehead atoms. The van der Waals surface area contributed by atoms with Crippen LogP contribution in [0.4, 0.5) is 0 Å². The van der Waals surface area contributed by atoms with Crippen LogP contribution in [0.5, 0.6) is 0 Å².